The first kappa shape index (κ1) is 16.5. The number of ether oxygens (including phenoxy) is 1. The monoisotopic (exact) mass is 350 g/mol. The van der Waals surface area contributed by atoms with Crippen molar-refractivity contribution in [3.63, 3.8) is 0 Å². The number of halogens is 1. The van der Waals surface area contributed by atoms with E-state index < -0.39 is 0 Å². The highest BCUT2D eigenvalue weighted by Crippen LogP contribution is 2.26. The summed E-state index contributed by atoms with van der Waals surface area (Å²) < 4.78 is 19.4. The Morgan fingerprint density at radius 1 is 0.923 bits per heavy atom. The molecule has 0 unspecified atom stereocenters. The largest absolute Gasteiger partial charge is 0.378 e. The molecule has 0 aliphatic carbocycles. The van der Waals surface area contributed by atoms with Gasteiger partial charge < -0.3 is 15.0 Å². The van der Waals surface area contributed by atoms with Gasteiger partial charge in [-0.2, -0.15) is 0 Å². The van der Waals surface area contributed by atoms with E-state index in [0.29, 0.717) is 30.5 Å². The van der Waals surface area contributed by atoms with Crippen molar-refractivity contribution in [2.24, 2.45) is 0 Å². The van der Waals surface area contributed by atoms with Gasteiger partial charge >= 0.3 is 0 Å². The molecule has 2 aromatic carbocycles. The molecule has 26 heavy (non-hydrogen) atoms. The molecule has 1 aliphatic heterocycles. The van der Waals surface area contributed by atoms with Gasteiger partial charge in [-0.05, 0) is 12.1 Å². The number of hydrogen-bond donors (Lipinski definition) is 1. The molecule has 4 rings (SSSR count). The van der Waals surface area contributed by atoms with E-state index in [1.165, 1.54) is 6.07 Å². The number of nitrogens with zero attached hydrogens (tertiary/aromatic N) is 3. The molecule has 0 amide bonds. The van der Waals surface area contributed by atoms with E-state index in [2.05, 4.69) is 15.2 Å². The first-order chi connectivity index (χ1) is 12.8. The Bertz CT molecular complexity index is 882. The maximum atomic E-state index is 14.0. The fourth-order valence-electron chi connectivity index (χ4n) is 2.87. The van der Waals surface area contributed by atoms with Gasteiger partial charge in [0, 0.05) is 24.7 Å². The molecular weight excluding hydrogens is 331 g/mol. The van der Waals surface area contributed by atoms with Gasteiger partial charge in [-0.1, -0.05) is 42.5 Å². The summed E-state index contributed by atoms with van der Waals surface area (Å²) in [7, 11) is 0. The number of anilines is 3. The molecule has 3 aromatic rings. The van der Waals surface area contributed by atoms with Gasteiger partial charge in [-0.25, -0.2) is 14.4 Å². The summed E-state index contributed by atoms with van der Waals surface area (Å²) in [6.45, 7) is 2.87. The van der Waals surface area contributed by atoms with E-state index >= 15 is 0 Å². The molecule has 132 valence electrons. The predicted octanol–water partition coefficient (Wildman–Crippen LogP) is 3.86. The molecule has 1 aliphatic rings. The highest BCUT2D eigenvalue weighted by Gasteiger charge is 2.16. The van der Waals surface area contributed by atoms with Crippen LogP contribution in [0.2, 0.25) is 0 Å². The fourth-order valence-corrected chi connectivity index (χ4v) is 2.87. The molecule has 0 bridgehead atoms. The van der Waals surface area contributed by atoms with Gasteiger partial charge in [0.2, 0.25) is 0 Å². The van der Waals surface area contributed by atoms with Gasteiger partial charge in [0.15, 0.2) is 5.82 Å². The lowest BCUT2D eigenvalue weighted by Gasteiger charge is -2.28. The van der Waals surface area contributed by atoms with Crippen molar-refractivity contribution in [3.05, 3.63) is 66.5 Å². The maximum Gasteiger partial charge on any atom is 0.163 e. The zero-order valence-electron chi connectivity index (χ0n) is 14.2. The normalized spacial score (nSPS) is 14.3. The van der Waals surface area contributed by atoms with Crippen LogP contribution in [0.15, 0.2) is 60.7 Å². The zero-order valence-corrected chi connectivity index (χ0v) is 14.2. The number of nitrogens with one attached hydrogen (secondary N) is 1. The van der Waals surface area contributed by atoms with E-state index in [4.69, 9.17) is 9.72 Å². The standard InChI is InChI=1S/C20H19FN4O/c21-16-8-4-5-9-17(16)22-18-14-19(25-10-12-26-13-11-25)24-20(23-18)15-6-2-1-3-7-15/h1-9,14H,10-13H2,(H,22,23,24). The molecule has 1 fully saturated rings. The Morgan fingerprint density at radius 3 is 2.42 bits per heavy atom. The molecular formula is C20H19FN4O. The predicted molar refractivity (Wildman–Crippen MR) is 100 cm³/mol. The van der Waals surface area contributed by atoms with Crippen LogP contribution in [0, 0.1) is 5.82 Å². The van der Waals surface area contributed by atoms with E-state index in [-0.39, 0.29) is 5.82 Å². The number of hydrogen-bond acceptors (Lipinski definition) is 5. The second kappa shape index (κ2) is 7.49. The third-order valence-corrected chi connectivity index (χ3v) is 4.22. The Morgan fingerprint density at radius 2 is 1.65 bits per heavy atom. The highest BCUT2D eigenvalue weighted by atomic mass is 19.1. The average Bonchev–Trinajstić information content (AvgIpc) is 2.71. The first-order valence-electron chi connectivity index (χ1n) is 8.58. The molecule has 0 atom stereocenters. The van der Waals surface area contributed by atoms with Crippen LogP contribution < -0.4 is 10.2 Å². The van der Waals surface area contributed by atoms with Crippen molar-refractivity contribution in [2.45, 2.75) is 0 Å². The smallest absolute Gasteiger partial charge is 0.163 e. The summed E-state index contributed by atoms with van der Waals surface area (Å²) >= 11 is 0. The first-order valence-corrected chi connectivity index (χ1v) is 8.58. The highest BCUT2D eigenvalue weighted by molar-refractivity contribution is 5.65. The Kier molecular flexibility index (Phi) is 4.75. The lowest BCUT2D eigenvalue weighted by atomic mass is 10.2. The van der Waals surface area contributed by atoms with Crippen molar-refractivity contribution in [1.29, 1.82) is 0 Å². The topological polar surface area (TPSA) is 50.3 Å². The van der Waals surface area contributed by atoms with E-state index in [0.717, 1.165) is 24.5 Å². The summed E-state index contributed by atoms with van der Waals surface area (Å²) in [5.41, 5.74) is 1.30. The molecule has 2 heterocycles. The zero-order chi connectivity index (χ0) is 17.8. The Labute approximate surface area is 151 Å². The number of rotatable bonds is 4. The number of benzene rings is 2. The minimum Gasteiger partial charge on any atom is -0.378 e. The summed E-state index contributed by atoms with van der Waals surface area (Å²) in [5, 5.41) is 3.08. The molecule has 0 radical (unpaired) electrons. The van der Waals surface area contributed by atoms with Crippen LogP contribution in [0.1, 0.15) is 0 Å². The molecule has 1 aromatic heterocycles. The molecule has 1 N–H and O–H groups in total. The SMILES string of the molecule is Fc1ccccc1Nc1cc(N2CCOCC2)nc(-c2ccccc2)n1. The average molecular weight is 350 g/mol. The number of para-hydroxylation sites is 1. The maximum absolute atomic E-state index is 14.0. The van der Waals surface area contributed by atoms with Crippen molar-refractivity contribution >= 4 is 17.3 Å². The second-order valence-electron chi connectivity index (χ2n) is 6.01. The third kappa shape index (κ3) is 3.65. The Hall–Kier alpha value is -2.99. The van der Waals surface area contributed by atoms with Gasteiger partial charge in [-0.15, -0.1) is 0 Å². The summed E-state index contributed by atoms with van der Waals surface area (Å²) in [4.78, 5) is 11.5. The molecule has 1 saturated heterocycles. The van der Waals surface area contributed by atoms with Crippen LogP contribution in [0.25, 0.3) is 11.4 Å². The number of morpholine rings is 1. The van der Waals surface area contributed by atoms with Crippen molar-refractivity contribution in [1.82, 2.24) is 9.97 Å². The minimum absolute atomic E-state index is 0.319. The van der Waals surface area contributed by atoms with Crippen molar-refractivity contribution in [3.8, 4) is 11.4 Å². The molecule has 5 nitrogen and oxygen atoms in total. The van der Waals surface area contributed by atoms with Gasteiger partial charge in [0.1, 0.15) is 17.5 Å². The van der Waals surface area contributed by atoms with E-state index in [1.54, 1.807) is 18.2 Å². The van der Waals surface area contributed by atoms with Crippen LogP contribution in [-0.4, -0.2) is 36.3 Å². The van der Waals surface area contributed by atoms with Crippen molar-refractivity contribution < 1.29 is 9.13 Å². The van der Waals surface area contributed by atoms with Gasteiger partial charge in [-0.3, -0.25) is 0 Å². The summed E-state index contributed by atoms with van der Waals surface area (Å²) in [6, 6.07) is 18.2. The molecule has 6 heteroatoms. The van der Waals surface area contributed by atoms with Crippen LogP contribution in [0.4, 0.5) is 21.7 Å². The quantitative estimate of drug-likeness (QED) is 0.774. The number of aromatic nitrogens is 2. The summed E-state index contributed by atoms with van der Waals surface area (Å²) in [6.07, 6.45) is 0. The lowest BCUT2D eigenvalue weighted by molar-refractivity contribution is 0.122. The van der Waals surface area contributed by atoms with Crippen LogP contribution in [-0.2, 0) is 4.74 Å². The minimum atomic E-state index is -0.319. The summed E-state index contributed by atoms with van der Waals surface area (Å²) in [5.74, 6) is 1.65. The second-order valence-corrected chi connectivity index (χ2v) is 6.01. The van der Waals surface area contributed by atoms with E-state index in [9.17, 15) is 4.39 Å². The van der Waals surface area contributed by atoms with Crippen LogP contribution in [0.5, 0.6) is 0 Å². The van der Waals surface area contributed by atoms with Crippen LogP contribution in [0.3, 0.4) is 0 Å². The fraction of sp³-hybridized carbons (Fsp3) is 0.200. The van der Waals surface area contributed by atoms with Crippen molar-refractivity contribution in [2.75, 3.05) is 36.5 Å². The lowest BCUT2D eigenvalue weighted by Crippen LogP contribution is -2.36. The molecule has 0 spiro atoms. The van der Waals surface area contributed by atoms with Gasteiger partial charge in [0.25, 0.3) is 0 Å². The van der Waals surface area contributed by atoms with Crippen LogP contribution >= 0.6 is 0 Å². The van der Waals surface area contributed by atoms with E-state index in [1.807, 2.05) is 36.4 Å². The Balaban J connectivity index is 1.73. The third-order valence-electron chi connectivity index (χ3n) is 4.22. The van der Waals surface area contributed by atoms with Gasteiger partial charge in [0.05, 0.1) is 18.9 Å². The molecule has 0 saturated carbocycles.